The van der Waals surface area contributed by atoms with Crippen molar-refractivity contribution in [3.8, 4) is 5.75 Å². The Kier molecular flexibility index (Phi) is 4.57. The van der Waals surface area contributed by atoms with Gasteiger partial charge in [-0.2, -0.15) is 0 Å². The van der Waals surface area contributed by atoms with E-state index >= 15 is 0 Å². The fourth-order valence-corrected chi connectivity index (χ4v) is 1.81. The lowest BCUT2D eigenvalue weighted by molar-refractivity contribution is -0.136. The average molecular weight is 278 g/mol. The van der Waals surface area contributed by atoms with Gasteiger partial charge in [0.15, 0.2) is 0 Å². The maximum atomic E-state index is 11.9. The summed E-state index contributed by atoms with van der Waals surface area (Å²) in [5.74, 6) is 0.167. The minimum absolute atomic E-state index is 0.00498. The Morgan fingerprint density at radius 1 is 1.40 bits per heavy atom. The number of morpholine rings is 1. The molecule has 1 fully saturated rings. The zero-order valence-electron chi connectivity index (χ0n) is 11.5. The molecule has 2 N–H and O–H groups in total. The number of anilines is 1. The van der Waals surface area contributed by atoms with Crippen molar-refractivity contribution in [2.45, 2.75) is 26.0 Å². The molecule has 1 aliphatic heterocycles. The van der Waals surface area contributed by atoms with Crippen molar-refractivity contribution in [1.29, 1.82) is 0 Å². The highest BCUT2D eigenvalue weighted by molar-refractivity contribution is 5.97. The third-order valence-corrected chi connectivity index (χ3v) is 2.66. The molecule has 0 spiro atoms. The number of carbonyl (C=O) groups is 2. The second-order valence-corrected chi connectivity index (χ2v) is 4.82. The molecule has 2 rings (SSSR count). The normalized spacial score (nSPS) is 18.6. The van der Waals surface area contributed by atoms with Crippen LogP contribution in [0.3, 0.4) is 0 Å². The van der Waals surface area contributed by atoms with Crippen molar-refractivity contribution in [3.63, 3.8) is 0 Å². The smallest absolute Gasteiger partial charge is 0.249 e. The molecule has 20 heavy (non-hydrogen) atoms. The maximum Gasteiger partial charge on any atom is 0.249 e. The van der Waals surface area contributed by atoms with Crippen molar-refractivity contribution in [2.75, 3.05) is 18.5 Å². The van der Waals surface area contributed by atoms with E-state index < -0.39 is 6.04 Å². The summed E-state index contributed by atoms with van der Waals surface area (Å²) in [6.07, 6.45) is 0.102. The topological polar surface area (TPSA) is 76.7 Å². The van der Waals surface area contributed by atoms with Gasteiger partial charge in [-0.15, -0.1) is 0 Å². The van der Waals surface area contributed by atoms with Crippen LogP contribution in [0.2, 0.25) is 0 Å². The van der Waals surface area contributed by atoms with E-state index in [0.717, 1.165) is 5.75 Å². The van der Waals surface area contributed by atoms with Gasteiger partial charge in [-0.3, -0.25) is 9.59 Å². The van der Waals surface area contributed by atoms with Crippen LogP contribution < -0.4 is 15.4 Å². The molecule has 1 unspecified atom stereocenters. The van der Waals surface area contributed by atoms with Gasteiger partial charge in [0, 0.05) is 5.69 Å². The van der Waals surface area contributed by atoms with E-state index in [2.05, 4.69) is 10.6 Å². The first kappa shape index (κ1) is 14.3. The molecule has 1 heterocycles. The molecule has 1 atom stereocenters. The lowest BCUT2D eigenvalue weighted by Gasteiger charge is -2.22. The highest BCUT2D eigenvalue weighted by Gasteiger charge is 2.25. The second kappa shape index (κ2) is 6.38. The summed E-state index contributed by atoms with van der Waals surface area (Å²) in [5.41, 5.74) is 0.644. The molecule has 0 aromatic heterocycles. The third-order valence-electron chi connectivity index (χ3n) is 2.66. The average Bonchev–Trinajstić information content (AvgIpc) is 2.40. The van der Waals surface area contributed by atoms with Gasteiger partial charge in [-0.25, -0.2) is 0 Å². The van der Waals surface area contributed by atoms with E-state index in [-0.39, 0.29) is 31.1 Å². The molecule has 6 nitrogen and oxygen atoms in total. The van der Waals surface area contributed by atoms with Crippen LogP contribution in [0.5, 0.6) is 5.75 Å². The highest BCUT2D eigenvalue weighted by atomic mass is 16.5. The molecule has 1 saturated heterocycles. The standard InChI is InChI=1S/C14H18N2O4/c1-9(2)20-11-5-3-10(4-6-11)15-14(18)12-7-19-8-13(17)16-12/h3-6,9,12H,7-8H2,1-2H3,(H,15,18)(H,16,17). The van der Waals surface area contributed by atoms with Crippen LogP contribution in [-0.2, 0) is 14.3 Å². The summed E-state index contributed by atoms with van der Waals surface area (Å²) in [6.45, 7) is 4.08. The fourth-order valence-electron chi connectivity index (χ4n) is 1.81. The minimum Gasteiger partial charge on any atom is -0.491 e. The Morgan fingerprint density at radius 2 is 2.10 bits per heavy atom. The first-order valence-electron chi connectivity index (χ1n) is 6.49. The van der Waals surface area contributed by atoms with Crippen molar-refractivity contribution >= 4 is 17.5 Å². The van der Waals surface area contributed by atoms with Gasteiger partial charge >= 0.3 is 0 Å². The lowest BCUT2D eigenvalue weighted by atomic mass is 10.2. The molecule has 1 aromatic rings. The molecular formula is C14H18N2O4. The Hall–Kier alpha value is -2.08. The number of hydrogen-bond acceptors (Lipinski definition) is 4. The van der Waals surface area contributed by atoms with E-state index in [1.807, 2.05) is 13.8 Å². The number of ether oxygens (including phenoxy) is 2. The molecular weight excluding hydrogens is 260 g/mol. The summed E-state index contributed by atoms with van der Waals surface area (Å²) < 4.78 is 10.5. The molecule has 2 amide bonds. The van der Waals surface area contributed by atoms with Gasteiger partial charge in [0.1, 0.15) is 18.4 Å². The molecule has 0 radical (unpaired) electrons. The Balaban J connectivity index is 1.92. The number of carbonyl (C=O) groups excluding carboxylic acids is 2. The molecule has 0 bridgehead atoms. The lowest BCUT2D eigenvalue weighted by Crippen LogP contribution is -2.51. The minimum atomic E-state index is -0.650. The van der Waals surface area contributed by atoms with E-state index in [1.165, 1.54) is 0 Å². The largest absolute Gasteiger partial charge is 0.491 e. The maximum absolute atomic E-state index is 11.9. The summed E-state index contributed by atoms with van der Waals surface area (Å²) in [7, 11) is 0. The van der Waals surface area contributed by atoms with Crippen LogP contribution in [-0.4, -0.2) is 37.2 Å². The summed E-state index contributed by atoms with van der Waals surface area (Å²) in [4.78, 5) is 23.1. The van der Waals surface area contributed by atoms with Gasteiger partial charge in [0.2, 0.25) is 11.8 Å². The van der Waals surface area contributed by atoms with Gasteiger partial charge < -0.3 is 20.1 Å². The number of nitrogens with one attached hydrogen (secondary N) is 2. The molecule has 0 saturated carbocycles. The quantitative estimate of drug-likeness (QED) is 0.859. The van der Waals surface area contributed by atoms with E-state index in [4.69, 9.17) is 9.47 Å². The van der Waals surface area contributed by atoms with E-state index in [0.29, 0.717) is 5.69 Å². The van der Waals surface area contributed by atoms with Crippen LogP contribution in [0, 0.1) is 0 Å². The van der Waals surface area contributed by atoms with Crippen LogP contribution in [0.4, 0.5) is 5.69 Å². The van der Waals surface area contributed by atoms with Gasteiger partial charge in [-0.1, -0.05) is 0 Å². The van der Waals surface area contributed by atoms with Gasteiger partial charge in [0.25, 0.3) is 0 Å². The highest BCUT2D eigenvalue weighted by Crippen LogP contribution is 2.17. The van der Waals surface area contributed by atoms with E-state index in [1.54, 1.807) is 24.3 Å². The Morgan fingerprint density at radius 3 is 2.70 bits per heavy atom. The van der Waals surface area contributed by atoms with Crippen LogP contribution in [0.1, 0.15) is 13.8 Å². The first-order valence-corrected chi connectivity index (χ1v) is 6.49. The van der Waals surface area contributed by atoms with Crippen LogP contribution >= 0.6 is 0 Å². The van der Waals surface area contributed by atoms with Crippen LogP contribution in [0.15, 0.2) is 24.3 Å². The number of benzene rings is 1. The summed E-state index contributed by atoms with van der Waals surface area (Å²) in [5, 5.41) is 5.30. The second-order valence-electron chi connectivity index (χ2n) is 4.82. The zero-order chi connectivity index (χ0) is 14.5. The van der Waals surface area contributed by atoms with Crippen molar-refractivity contribution in [3.05, 3.63) is 24.3 Å². The summed E-state index contributed by atoms with van der Waals surface area (Å²) in [6, 6.07) is 6.42. The molecule has 1 aliphatic rings. The third kappa shape index (κ3) is 3.96. The monoisotopic (exact) mass is 278 g/mol. The van der Waals surface area contributed by atoms with Gasteiger partial charge in [0.05, 0.1) is 12.7 Å². The molecule has 1 aromatic carbocycles. The zero-order valence-corrected chi connectivity index (χ0v) is 11.5. The SMILES string of the molecule is CC(C)Oc1ccc(NC(=O)C2COCC(=O)N2)cc1. The predicted molar refractivity (Wildman–Crippen MR) is 73.6 cm³/mol. The fraction of sp³-hybridized carbons (Fsp3) is 0.429. The predicted octanol–water partition coefficient (Wildman–Crippen LogP) is 0.927. The van der Waals surface area contributed by atoms with Crippen molar-refractivity contribution in [2.24, 2.45) is 0 Å². The molecule has 6 heteroatoms. The Bertz CT molecular complexity index is 484. The van der Waals surface area contributed by atoms with Crippen LogP contribution in [0.25, 0.3) is 0 Å². The van der Waals surface area contributed by atoms with Crippen molar-refractivity contribution in [1.82, 2.24) is 5.32 Å². The Labute approximate surface area is 117 Å². The summed E-state index contributed by atoms with van der Waals surface area (Å²) >= 11 is 0. The number of rotatable bonds is 4. The molecule has 108 valence electrons. The first-order chi connectivity index (χ1) is 9.54. The van der Waals surface area contributed by atoms with Crippen molar-refractivity contribution < 1.29 is 19.1 Å². The van der Waals surface area contributed by atoms with Gasteiger partial charge in [-0.05, 0) is 38.1 Å². The molecule has 0 aliphatic carbocycles. The number of hydrogen-bond donors (Lipinski definition) is 2. The number of amides is 2. The van der Waals surface area contributed by atoms with E-state index in [9.17, 15) is 9.59 Å².